The number of rotatable bonds is 7. The average Bonchev–Trinajstić information content (AvgIpc) is 3.31. The van der Waals surface area contributed by atoms with Crippen molar-refractivity contribution in [3.63, 3.8) is 0 Å². The third-order valence-corrected chi connectivity index (χ3v) is 5.99. The molecule has 2 N–H and O–H groups in total. The van der Waals surface area contributed by atoms with E-state index in [0.717, 1.165) is 11.3 Å². The molecule has 180 valence electrons. The minimum absolute atomic E-state index is 0.127. The Morgan fingerprint density at radius 3 is 2.66 bits per heavy atom. The monoisotopic (exact) mass is 473 g/mol. The quantitative estimate of drug-likeness (QED) is 0.426. The van der Waals surface area contributed by atoms with Crippen LogP contribution < -0.4 is 20.3 Å². The number of hydrogen-bond donors (Lipinski definition) is 2. The predicted octanol–water partition coefficient (Wildman–Crippen LogP) is 3.33. The first-order chi connectivity index (χ1) is 17.0. The second-order valence-corrected chi connectivity index (χ2v) is 8.83. The van der Waals surface area contributed by atoms with Crippen molar-refractivity contribution in [3.8, 4) is 17.2 Å². The highest BCUT2D eigenvalue weighted by atomic mass is 16.6. The van der Waals surface area contributed by atoms with Gasteiger partial charge in [0.1, 0.15) is 24.4 Å². The van der Waals surface area contributed by atoms with Crippen molar-refractivity contribution in [1.82, 2.24) is 25.1 Å². The fourth-order valence-electron chi connectivity index (χ4n) is 4.21. The number of fused-ring (bicyclic) bond motifs is 2. The van der Waals surface area contributed by atoms with Crippen LogP contribution in [-0.4, -0.2) is 38.9 Å². The molecule has 1 aliphatic rings. The van der Waals surface area contributed by atoms with Crippen LogP contribution in [0.4, 0.5) is 0 Å². The van der Waals surface area contributed by atoms with Crippen molar-refractivity contribution in [1.29, 1.82) is 0 Å². The summed E-state index contributed by atoms with van der Waals surface area (Å²) in [5.74, 6) is 1.89. The molecule has 0 spiro atoms. The van der Waals surface area contributed by atoms with E-state index in [1.54, 1.807) is 4.68 Å². The summed E-state index contributed by atoms with van der Waals surface area (Å²) in [4.78, 5) is 32.8. The van der Waals surface area contributed by atoms with Gasteiger partial charge in [0.05, 0.1) is 17.9 Å². The largest absolute Gasteiger partial charge is 0.486 e. The van der Waals surface area contributed by atoms with Gasteiger partial charge in [-0.1, -0.05) is 38.1 Å². The fraction of sp³-hybridized carbons (Fsp3) is 0.308. The summed E-state index contributed by atoms with van der Waals surface area (Å²) in [6.45, 7) is 5.15. The smallest absolute Gasteiger partial charge is 0.262 e. The Balaban J connectivity index is 1.31. The molecule has 0 fully saturated rings. The molecule has 9 nitrogen and oxygen atoms in total. The Kier molecular flexibility index (Phi) is 6.22. The van der Waals surface area contributed by atoms with Crippen molar-refractivity contribution in [2.45, 2.75) is 32.7 Å². The molecular weight excluding hydrogens is 446 g/mol. The van der Waals surface area contributed by atoms with Crippen molar-refractivity contribution >= 4 is 16.9 Å². The first kappa shape index (κ1) is 22.6. The number of carbonyl (C=O) groups is 1. The topological polar surface area (TPSA) is 111 Å². The maximum Gasteiger partial charge on any atom is 0.262 e. The molecule has 0 bridgehead atoms. The Morgan fingerprint density at radius 1 is 1.11 bits per heavy atom. The zero-order valence-electron chi connectivity index (χ0n) is 19.7. The average molecular weight is 474 g/mol. The number of H-pyrrole nitrogens is 1. The Bertz CT molecular complexity index is 1410. The molecule has 0 aliphatic carbocycles. The lowest BCUT2D eigenvalue weighted by Gasteiger charge is -2.25. The van der Waals surface area contributed by atoms with E-state index in [9.17, 15) is 9.59 Å². The molecule has 3 heterocycles. The van der Waals surface area contributed by atoms with Crippen LogP contribution in [0.15, 0.2) is 59.5 Å². The first-order valence-electron chi connectivity index (χ1n) is 11.7. The van der Waals surface area contributed by atoms with Gasteiger partial charge < -0.3 is 19.8 Å². The highest BCUT2D eigenvalue weighted by Crippen LogP contribution is 2.34. The number of para-hydroxylation sites is 1. The van der Waals surface area contributed by atoms with Crippen molar-refractivity contribution < 1.29 is 14.3 Å². The lowest BCUT2D eigenvalue weighted by molar-refractivity contribution is -0.122. The summed E-state index contributed by atoms with van der Waals surface area (Å²) in [6.07, 6.45) is 1.98. The third kappa shape index (κ3) is 4.75. The zero-order valence-corrected chi connectivity index (χ0v) is 19.7. The van der Waals surface area contributed by atoms with Gasteiger partial charge in [0, 0.05) is 12.8 Å². The van der Waals surface area contributed by atoms with Crippen molar-refractivity contribution in [2.75, 3.05) is 13.2 Å². The lowest BCUT2D eigenvalue weighted by atomic mass is 9.95. The number of hydrogen-bond acceptors (Lipinski definition) is 6. The van der Waals surface area contributed by atoms with Gasteiger partial charge in [0.2, 0.25) is 5.91 Å². The third-order valence-electron chi connectivity index (χ3n) is 5.99. The van der Waals surface area contributed by atoms with Crippen LogP contribution >= 0.6 is 0 Å². The van der Waals surface area contributed by atoms with Gasteiger partial charge >= 0.3 is 0 Å². The minimum Gasteiger partial charge on any atom is -0.486 e. The van der Waals surface area contributed by atoms with E-state index in [2.05, 4.69) is 34.2 Å². The van der Waals surface area contributed by atoms with Gasteiger partial charge in [-0.15, -0.1) is 0 Å². The van der Waals surface area contributed by atoms with E-state index in [1.165, 1.54) is 6.20 Å². The zero-order chi connectivity index (χ0) is 24.4. The highest BCUT2D eigenvalue weighted by molar-refractivity contribution is 5.77. The molecule has 4 aromatic rings. The van der Waals surface area contributed by atoms with Gasteiger partial charge in [-0.25, -0.2) is 9.67 Å². The minimum atomic E-state index is -0.274. The summed E-state index contributed by atoms with van der Waals surface area (Å²) in [7, 11) is 0. The van der Waals surface area contributed by atoms with Crippen LogP contribution in [0.5, 0.6) is 11.5 Å². The van der Waals surface area contributed by atoms with Crippen LogP contribution in [0.25, 0.3) is 16.7 Å². The highest BCUT2D eigenvalue weighted by Gasteiger charge is 2.22. The Morgan fingerprint density at radius 2 is 1.89 bits per heavy atom. The molecule has 5 rings (SSSR count). The van der Waals surface area contributed by atoms with E-state index in [4.69, 9.17) is 9.47 Å². The van der Waals surface area contributed by atoms with Crippen molar-refractivity contribution in [2.24, 2.45) is 5.92 Å². The van der Waals surface area contributed by atoms with Crippen LogP contribution in [0, 0.1) is 5.92 Å². The standard InChI is InChI=1S/C26H27N5O4/c1-16(2)24(17-8-9-20-21(14-17)35-13-12-34-20)30-23(32)11-10-22-28-25-19(26(33)29-22)15-27-31(25)18-6-4-3-5-7-18/h3-9,14-16,24H,10-13H2,1-2H3,(H,30,32)(H,28,29,33). The summed E-state index contributed by atoms with van der Waals surface area (Å²) in [6, 6.07) is 15.1. The van der Waals surface area contributed by atoms with E-state index in [-0.39, 0.29) is 29.8 Å². The van der Waals surface area contributed by atoms with E-state index in [1.807, 2.05) is 48.5 Å². The second-order valence-electron chi connectivity index (χ2n) is 8.83. The Hall–Kier alpha value is -4.14. The number of carbonyl (C=O) groups excluding carboxylic acids is 1. The van der Waals surface area contributed by atoms with E-state index in [0.29, 0.717) is 48.0 Å². The predicted molar refractivity (Wildman–Crippen MR) is 131 cm³/mol. The number of aryl methyl sites for hydroxylation is 1. The second kappa shape index (κ2) is 9.61. The van der Waals surface area contributed by atoms with Crippen LogP contribution in [0.1, 0.15) is 37.7 Å². The molecule has 1 unspecified atom stereocenters. The van der Waals surface area contributed by atoms with Gasteiger partial charge in [0.15, 0.2) is 17.1 Å². The van der Waals surface area contributed by atoms with Crippen molar-refractivity contribution in [3.05, 3.63) is 76.5 Å². The molecule has 2 aromatic heterocycles. The molecule has 35 heavy (non-hydrogen) atoms. The SMILES string of the molecule is CC(C)C(NC(=O)CCc1nc2c(cnn2-c2ccccc2)c(=O)[nH]1)c1ccc2c(c1)OCCO2. The number of aromatic nitrogens is 4. The molecular formula is C26H27N5O4. The summed E-state index contributed by atoms with van der Waals surface area (Å²) < 4.78 is 12.9. The molecule has 1 aliphatic heterocycles. The molecule has 0 saturated carbocycles. The maximum absolute atomic E-state index is 12.9. The van der Waals surface area contributed by atoms with Gasteiger partial charge in [-0.2, -0.15) is 5.10 Å². The number of aromatic amines is 1. The molecule has 0 saturated heterocycles. The van der Waals surface area contributed by atoms with Gasteiger partial charge in [-0.3, -0.25) is 9.59 Å². The summed E-state index contributed by atoms with van der Waals surface area (Å²) in [5, 5.41) is 7.85. The summed E-state index contributed by atoms with van der Waals surface area (Å²) >= 11 is 0. The molecule has 1 atom stereocenters. The number of ether oxygens (including phenoxy) is 2. The normalized spacial score (nSPS) is 13.7. The molecule has 0 radical (unpaired) electrons. The van der Waals surface area contributed by atoms with Crippen LogP contribution in [0.2, 0.25) is 0 Å². The summed E-state index contributed by atoms with van der Waals surface area (Å²) in [5.41, 5.74) is 1.96. The maximum atomic E-state index is 12.9. The van der Waals surface area contributed by atoms with E-state index >= 15 is 0 Å². The fourth-order valence-corrected chi connectivity index (χ4v) is 4.21. The number of nitrogens with one attached hydrogen (secondary N) is 2. The van der Waals surface area contributed by atoms with Gasteiger partial charge in [0.25, 0.3) is 5.56 Å². The molecule has 1 amide bonds. The molecule has 2 aromatic carbocycles. The first-order valence-corrected chi connectivity index (χ1v) is 11.7. The number of amides is 1. The number of nitrogens with zero attached hydrogens (tertiary/aromatic N) is 3. The molecule has 9 heteroatoms. The van der Waals surface area contributed by atoms with Crippen LogP contribution in [0.3, 0.4) is 0 Å². The van der Waals surface area contributed by atoms with Crippen LogP contribution in [-0.2, 0) is 11.2 Å². The number of benzene rings is 2. The lowest BCUT2D eigenvalue weighted by Crippen LogP contribution is -2.32. The Labute approximate surface area is 202 Å². The van der Waals surface area contributed by atoms with E-state index < -0.39 is 0 Å². The van der Waals surface area contributed by atoms with Gasteiger partial charge in [-0.05, 0) is 35.7 Å².